The van der Waals surface area contributed by atoms with E-state index in [9.17, 15) is 14.0 Å². The molecule has 0 saturated heterocycles. The lowest BCUT2D eigenvalue weighted by molar-refractivity contribution is -0.111. The van der Waals surface area contributed by atoms with E-state index in [1.54, 1.807) is 49.4 Å². The van der Waals surface area contributed by atoms with Crippen molar-refractivity contribution in [1.82, 2.24) is 0 Å². The van der Waals surface area contributed by atoms with Crippen molar-refractivity contribution in [2.24, 2.45) is 0 Å². The van der Waals surface area contributed by atoms with Gasteiger partial charge in [-0.1, -0.05) is 12.1 Å². The molecule has 0 aliphatic carbocycles. The molecule has 0 aromatic heterocycles. The highest BCUT2D eigenvalue weighted by molar-refractivity contribution is 6.02. The Hall–Kier alpha value is -2.95. The van der Waals surface area contributed by atoms with Gasteiger partial charge in [0.05, 0.1) is 12.2 Å². The van der Waals surface area contributed by atoms with Crippen LogP contribution in [0, 0.1) is 5.82 Å². The third kappa shape index (κ3) is 5.07. The number of benzene rings is 2. The smallest absolute Gasteiger partial charge is 0.338 e. The monoisotopic (exact) mass is 313 g/mol. The number of carbonyl (C=O) groups is 2. The van der Waals surface area contributed by atoms with E-state index in [-0.39, 0.29) is 11.7 Å². The Balaban J connectivity index is 1.94. The lowest BCUT2D eigenvalue weighted by Gasteiger charge is -2.04. The van der Waals surface area contributed by atoms with Gasteiger partial charge in [-0.2, -0.15) is 0 Å². The van der Waals surface area contributed by atoms with E-state index < -0.39 is 5.97 Å². The van der Waals surface area contributed by atoms with Crippen LogP contribution in [0.5, 0.6) is 0 Å². The van der Waals surface area contributed by atoms with Crippen LogP contribution in [0.25, 0.3) is 6.08 Å². The van der Waals surface area contributed by atoms with E-state index >= 15 is 0 Å². The Morgan fingerprint density at radius 3 is 2.35 bits per heavy atom. The van der Waals surface area contributed by atoms with E-state index in [1.165, 1.54) is 18.2 Å². The van der Waals surface area contributed by atoms with Crippen LogP contribution in [0.15, 0.2) is 54.6 Å². The topological polar surface area (TPSA) is 55.4 Å². The molecule has 4 nitrogen and oxygen atoms in total. The van der Waals surface area contributed by atoms with Crippen LogP contribution >= 0.6 is 0 Å². The molecule has 0 radical (unpaired) electrons. The van der Waals surface area contributed by atoms with Gasteiger partial charge in [0.2, 0.25) is 5.91 Å². The van der Waals surface area contributed by atoms with Crippen LogP contribution in [-0.2, 0) is 9.53 Å². The number of carbonyl (C=O) groups excluding carboxylic acids is 2. The summed E-state index contributed by atoms with van der Waals surface area (Å²) < 4.78 is 17.7. The molecule has 2 aromatic carbocycles. The first kappa shape index (κ1) is 16.4. The zero-order valence-corrected chi connectivity index (χ0v) is 12.6. The van der Waals surface area contributed by atoms with E-state index in [4.69, 9.17) is 4.74 Å². The number of anilines is 1. The number of rotatable bonds is 5. The average Bonchev–Trinajstić information content (AvgIpc) is 2.55. The standard InChI is InChI=1S/C18H16FNO3/c1-2-23-18(22)14-6-10-16(11-7-14)20-17(21)12-5-13-3-8-15(19)9-4-13/h3-12H,2H2,1H3,(H,20,21)/b12-5+. The van der Waals surface area contributed by atoms with E-state index in [0.29, 0.717) is 17.9 Å². The van der Waals surface area contributed by atoms with Gasteiger partial charge >= 0.3 is 5.97 Å². The lowest BCUT2D eigenvalue weighted by Crippen LogP contribution is -2.08. The van der Waals surface area contributed by atoms with Crippen molar-refractivity contribution < 1.29 is 18.7 Å². The van der Waals surface area contributed by atoms with Crippen LogP contribution in [0.4, 0.5) is 10.1 Å². The first-order chi connectivity index (χ1) is 11.1. The summed E-state index contributed by atoms with van der Waals surface area (Å²) in [5.74, 6) is -1.05. The van der Waals surface area contributed by atoms with E-state index in [0.717, 1.165) is 5.56 Å². The molecule has 23 heavy (non-hydrogen) atoms. The maximum absolute atomic E-state index is 12.8. The number of nitrogens with one attached hydrogen (secondary N) is 1. The summed E-state index contributed by atoms with van der Waals surface area (Å²) in [7, 11) is 0. The number of hydrogen-bond donors (Lipinski definition) is 1. The summed E-state index contributed by atoms with van der Waals surface area (Å²) >= 11 is 0. The van der Waals surface area contributed by atoms with Gasteiger partial charge in [0.15, 0.2) is 0 Å². The van der Waals surface area contributed by atoms with Crippen LogP contribution in [0.2, 0.25) is 0 Å². The van der Waals surface area contributed by atoms with Crippen molar-refractivity contribution in [3.63, 3.8) is 0 Å². The summed E-state index contributed by atoms with van der Waals surface area (Å²) in [4.78, 5) is 23.3. The average molecular weight is 313 g/mol. The van der Waals surface area contributed by atoms with Crippen molar-refractivity contribution in [2.75, 3.05) is 11.9 Å². The first-order valence-corrected chi connectivity index (χ1v) is 7.10. The fourth-order valence-corrected chi connectivity index (χ4v) is 1.83. The Morgan fingerprint density at radius 2 is 1.74 bits per heavy atom. The maximum atomic E-state index is 12.8. The molecule has 5 heteroatoms. The van der Waals surface area contributed by atoms with Crippen molar-refractivity contribution >= 4 is 23.6 Å². The van der Waals surface area contributed by atoms with Crippen LogP contribution in [0.1, 0.15) is 22.8 Å². The van der Waals surface area contributed by atoms with Gasteiger partial charge in [-0.3, -0.25) is 4.79 Å². The number of halogens is 1. The second-order valence-corrected chi connectivity index (χ2v) is 4.67. The summed E-state index contributed by atoms with van der Waals surface area (Å²) in [6.45, 7) is 2.05. The maximum Gasteiger partial charge on any atom is 0.338 e. The largest absolute Gasteiger partial charge is 0.462 e. The van der Waals surface area contributed by atoms with Gasteiger partial charge in [0.25, 0.3) is 0 Å². The molecule has 0 spiro atoms. The predicted octanol–water partition coefficient (Wildman–Crippen LogP) is 3.65. The molecule has 0 aliphatic heterocycles. The molecule has 0 aliphatic rings. The highest BCUT2D eigenvalue weighted by atomic mass is 19.1. The summed E-state index contributed by atoms with van der Waals surface area (Å²) in [6, 6.07) is 12.2. The van der Waals surface area contributed by atoms with Crippen molar-refractivity contribution in [3.8, 4) is 0 Å². The van der Waals surface area contributed by atoms with Crippen LogP contribution in [0.3, 0.4) is 0 Å². The van der Waals surface area contributed by atoms with Crippen LogP contribution < -0.4 is 5.32 Å². The van der Waals surface area contributed by atoms with Gasteiger partial charge < -0.3 is 10.1 Å². The van der Waals surface area contributed by atoms with Crippen molar-refractivity contribution in [2.45, 2.75) is 6.92 Å². The highest BCUT2D eigenvalue weighted by Crippen LogP contribution is 2.11. The molecular formula is C18H16FNO3. The highest BCUT2D eigenvalue weighted by Gasteiger charge is 2.06. The second kappa shape index (κ2) is 7.89. The molecular weight excluding hydrogens is 297 g/mol. The van der Waals surface area contributed by atoms with Gasteiger partial charge in [-0.05, 0) is 55.0 Å². The molecule has 118 valence electrons. The quantitative estimate of drug-likeness (QED) is 0.677. The zero-order valence-electron chi connectivity index (χ0n) is 12.6. The van der Waals surface area contributed by atoms with Gasteiger partial charge in [-0.25, -0.2) is 9.18 Å². The molecule has 2 aromatic rings. The number of esters is 1. The second-order valence-electron chi connectivity index (χ2n) is 4.67. The number of ether oxygens (including phenoxy) is 1. The van der Waals surface area contributed by atoms with E-state index in [1.807, 2.05) is 0 Å². The molecule has 0 heterocycles. The fraction of sp³-hybridized carbons (Fsp3) is 0.111. The Kier molecular flexibility index (Phi) is 5.63. The zero-order chi connectivity index (χ0) is 16.7. The third-order valence-corrected chi connectivity index (χ3v) is 2.96. The summed E-state index contributed by atoms with van der Waals surface area (Å²) in [6.07, 6.45) is 2.94. The molecule has 0 saturated carbocycles. The van der Waals surface area contributed by atoms with Gasteiger partial charge in [-0.15, -0.1) is 0 Å². The SMILES string of the molecule is CCOC(=O)c1ccc(NC(=O)/C=C/c2ccc(F)cc2)cc1. The molecule has 0 fully saturated rings. The molecule has 0 unspecified atom stereocenters. The molecule has 1 N–H and O–H groups in total. The predicted molar refractivity (Wildman–Crippen MR) is 86.5 cm³/mol. The fourth-order valence-electron chi connectivity index (χ4n) is 1.83. The number of amides is 1. The van der Waals surface area contributed by atoms with Crippen molar-refractivity contribution in [1.29, 1.82) is 0 Å². The summed E-state index contributed by atoms with van der Waals surface area (Å²) in [5, 5.41) is 2.67. The van der Waals surface area contributed by atoms with E-state index in [2.05, 4.69) is 5.32 Å². The Morgan fingerprint density at radius 1 is 1.09 bits per heavy atom. The minimum absolute atomic E-state index is 0.311. The molecule has 2 rings (SSSR count). The summed E-state index contributed by atoms with van der Waals surface area (Å²) in [5.41, 5.74) is 1.71. The Bertz CT molecular complexity index is 706. The molecule has 1 amide bonds. The molecule has 0 atom stereocenters. The third-order valence-electron chi connectivity index (χ3n) is 2.96. The minimum atomic E-state index is -0.401. The Labute approximate surface area is 133 Å². The normalized spacial score (nSPS) is 10.5. The van der Waals surface area contributed by atoms with Gasteiger partial charge in [0, 0.05) is 11.8 Å². The first-order valence-electron chi connectivity index (χ1n) is 7.10. The van der Waals surface area contributed by atoms with Crippen molar-refractivity contribution in [3.05, 3.63) is 71.6 Å². The lowest BCUT2D eigenvalue weighted by atomic mass is 10.2. The molecule has 0 bridgehead atoms. The minimum Gasteiger partial charge on any atom is -0.462 e. The van der Waals surface area contributed by atoms with Crippen LogP contribution in [-0.4, -0.2) is 18.5 Å². The number of hydrogen-bond acceptors (Lipinski definition) is 3. The van der Waals surface area contributed by atoms with Gasteiger partial charge in [0.1, 0.15) is 5.82 Å².